The van der Waals surface area contributed by atoms with Crippen LogP contribution in [-0.2, 0) is 6.54 Å². The quantitative estimate of drug-likeness (QED) is 0.643. The molecule has 0 saturated carbocycles. The average molecular weight is 364 g/mol. The third kappa shape index (κ3) is 4.34. The molecule has 1 atom stereocenters. The van der Waals surface area contributed by atoms with Gasteiger partial charge >= 0.3 is 0 Å². The molecule has 0 spiro atoms. The lowest BCUT2D eigenvalue weighted by Gasteiger charge is -2.27. The van der Waals surface area contributed by atoms with Gasteiger partial charge in [0, 0.05) is 6.54 Å². The molecule has 2 aromatic carbocycles. The second kappa shape index (κ2) is 8.49. The van der Waals surface area contributed by atoms with Crippen molar-refractivity contribution < 1.29 is 9.53 Å². The molecule has 0 saturated heterocycles. The molecule has 6 nitrogen and oxygen atoms in total. The first kappa shape index (κ1) is 18.6. The smallest absolute Gasteiger partial charge is 0.276 e. The van der Waals surface area contributed by atoms with Crippen molar-refractivity contribution in [2.45, 2.75) is 26.4 Å². The van der Waals surface area contributed by atoms with Crippen molar-refractivity contribution in [2.75, 3.05) is 13.7 Å². The highest BCUT2D eigenvalue weighted by Gasteiger charge is 2.24. The van der Waals surface area contributed by atoms with Crippen molar-refractivity contribution in [3.8, 4) is 5.75 Å². The fraction of sp³-hybridized carbons (Fsp3) is 0.286. The number of aromatic nitrogens is 3. The minimum absolute atomic E-state index is 0.100. The molecule has 3 aromatic rings. The second-order valence-electron chi connectivity index (χ2n) is 6.33. The van der Waals surface area contributed by atoms with E-state index in [1.54, 1.807) is 22.9 Å². The molecule has 1 heterocycles. The molecule has 6 heteroatoms. The predicted molar refractivity (Wildman–Crippen MR) is 104 cm³/mol. The van der Waals surface area contributed by atoms with E-state index >= 15 is 0 Å². The zero-order valence-corrected chi connectivity index (χ0v) is 15.9. The van der Waals surface area contributed by atoms with Gasteiger partial charge in [-0.15, -0.1) is 5.10 Å². The summed E-state index contributed by atoms with van der Waals surface area (Å²) in [5.74, 6) is 0.642. The van der Waals surface area contributed by atoms with Gasteiger partial charge in [-0.1, -0.05) is 47.7 Å². The zero-order chi connectivity index (χ0) is 19.2. The van der Waals surface area contributed by atoms with Gasteiger partial charge in [-0.05, 0) is 37.1 Å². The molecule has 1 aromatic heterocycles. The van der Waals surface area contributed by atoms with Crippen LogP contribution in [0.1, 0.15) is 41.5 Å². The van der Waals surface area contributed by atoms with Crippen molar-refractivity contribution >= 4 is 5.91 Å². The molecule has 0 bridgehead atoms. The maximum atomic E-state index is 13.0. The summed E-state index contributed by atoms with van der Waals surface area (Å²) in [5, 5.41) is 8.20. The van der Waals surface area contributed by atoms with Crippen LogP contribution in [0.2, 0.25) is 0 Å². The number of carbonyl (C=O) groups excluding carboxylic acids is 1. The fourth-order valence-electron chi connectivity index (χ4n) is 3.07. The third-order valence-electron chi connectivity index (χ3n) is 4.59. The number of methoxy groups -OCH3 is 1. The molecule has 1 amide bonds. The van der Waals surface area contributed by atoms with E-state index < -0.39 is 0 Å². The molecule has 27 heavy (non-hydrogen) atoms. The Kier molecular flexibility index (Phi) is 5.86. The van der Waals surface area contributed by atoms with Gasteiger partial charge in [-0.2, -0.15) is 0 Å². The zero-order valence-electron chi connectivity index (χ0n) is 15.9. The highest BCUT2D eigenvalue weighted by Crippen LogP contribution is 2.25. The summed E-state index contributed by atoms with van der Waals surface area (Å²) in [5.41, 5.74) is 2.47. The van der Waals surface area contributed by atoms with Gasteiger partial charge in [-0.25, -0.2) is 4.68 Å². The summed E-state index contributed by atoms with van der Waals surface area (Å²) in [4.78, 5) is 14.8. The van der Waals surface area contributed by atoms with Gasteiger partial charge in [0.2, 0.25) is 0 Å². The van der Waals surface area contributed by atoms with Crippen molar-refractivity contribution in [2.24, 2.45) is 0 Å². The van der Waals surface area contributed by atoms with Gasteiger partial charge in [0.1, 0.15) is 5.75 Å². The molecule has 0 aliphatic carbocycles. The Morgan fingerprint density at radius 1 is 1.19 bits per heavy atom. The van der Waals surface area contributed by atoms with E-state index in [-0.39, 0.29) is 11.9 Å². The Labute approximate surface area is 159 Å². The summed E-state index contributed by atoms with van der Waals surface area (Å²) in [6, 6.07) is 17.6. The highest BCUT2D eigenvalue weighted by molar-refractivity contribution is 5.92. The minimum Gasteiger partial charge on any atom is -0.497 e. The van der Waals surface area contributed by atoms with Gasteiger partial charge < -0.3 is 9.64 Å². The number of ether oxygens (including phenoxy) is 1. The summed E-state index contributed by atoms with van der Waals surface area (Å²) >= 11 is 0. The normalized spacial score (nSPS) is 11.8. The summed E-state index contributed by atoms with van der Waals surface area (Å²) < 4.78 is 6.98. The molecular formula is C21H24N4O2. The molecular weight excluding hydrogens is 340 g/mol. The topological polar surface area (TPSA) is 60.2 Å². The molecule has 0 aliphatic rings. The Hall–Kier alpha value is -3.15. The number of benzene rings is 2. The second-order valence-corrected chi connectivity index (χ2v) is 6.33. The maximum Gasteiger partial charge on any atom is 0.276 e. The Morgan fingerprint density at radius 3 is 2.67 bits per heavy atom. The fourth-order valence-corrected chi connectivity index (χ4v) is 3.07. The highest BCUT2D eigenvalue weighted by atomic mass is 16.5. The van der Waals surface area contributed by atoms with Crippen LogP contribution in [0.15, 0.2) is 60.8 Å². The summed E-state index contributed by atoms with van der Waals surface area (Å²) in [7, 11) is 1.64. The van der Waals surface area contributed by atoms with E-state index in [0.29, 0.717) is 18.8 Å². The maximum absolute atomic E-state index is 13.0. The predicted octanol–water partition coefficient (Wildman–Crippen LogP) is 3.56. The van der Waals surface area contributed by atoms with Gasteiger partial charge in [-0.3, -0.25) is 4.79 Å². The van der Waals surface area contributed by atoms with Crippen LogP contribution in [-0.4, -0.2) is 39.5 Å². The number of hydrogen-bond donors (Lipinski definition) is 0. The van der Waals surface area contributed by atoms with Crippen molar-refractivity contribution in [1.29, 1.82) is 0 Å². The van der Waals surface area contributed by atoms with E-state index in [1.165, 1.54) is 0 Å². The van der Waals surface area contributed by atoms with E-state index in [9.17, 15) is 4.79 Å². The lowest BCUT2D eigenvalue weighted by Crippen LogP contribution is -2.33. The van der Waals surface area contributed by atoms with E-state index in [4.69, 9.17) is 4.74 Å². The van der Waals surface area contributed by atoms with Gasteiger partial charge in [0.25, 0.3) is 5.91 Å². The first-order valence-electron chi connectivity index (χ1n) is 9.01. The van der Waals surface area contributed by atoms with E-state index in [2.05, 4.69) is 10.3 Å². The van der Waals surface area contributed by atoms with Crippen molar-refractivity contribution in [3.05, 3.63) is 77.6 Å². The summed E-state index contributed by atoms with van der Waals surface area (Å²) in [6.45, 7) is 5.12. The number of amides is 1. The SMILES string of the molecule is CCN(C(=O)c1cn(Cc2ccccc2)nn1)C(C)c1cccc(OC)c1. The van der Waals surface area contributed by atoms with Crippen LogP contribution < -0.4 is 4.74 Å². The standard InChI is InChI=1S/C21H24N4O2/c1-4-25(16(2)18-11-8-12-19(13-18)27-3)21(26)20-15-24(23-22-20)14-17-9-6-5-7-10-17/h5-13,15-16H,4,14H2,1-3H3. The Balaban J connectivity index is 1.76. The van der Waals surface area contributed by atoms with Gasteiger partial charge in [0.05, 0.1) is 25.9 Å². The largest absolute Gasteiger partial charge is 0.497 e. The molecule has 0 N–H and O–H groups in total. The number of rotatable bonds is 7. The molecule has 0 aliphatic heterocycles. The van der Waals surface area contributed by atoms with Crippen molar-refractivity contribution in [3.63, 3.8) is 0 Å². The van der Waals surface area contributed by atoms with Crippen LogP contribution in [0.4, 0.5) is 0 Å². The molecule has 140 valence electrons. The lowest BCUT2D eigenvalue weighted by molar-refractivity contribution is 0.0696. The first-order valence-corrected chi connectivity index (χ1v) is 9.01. The number of nitrogens with zero attached hydrogens (tertiary/aromatic N) is 4. The molecule has 1 unspecified atom stereocenters. The Morgan fingerprint density at radius 2 is 1.96 bits per heavy atom. The number of carbonyl (C=O) groups is 1. The van der Waals surface area contributed by atoms with E-state index in [0.717, 1.165) is 16.9 Å². The van der Waals surface area contributed by atoms with Crippen LogP contribution in [0, 0.1) is 0 Å². The van der Waals surface area contributed by atoms with Crippen LogP contribution >= 0.6 is 0 Å². The van der Waals surface area contributed by atoms with E-state index in [1.807, 2.05) is 68.4 Å². The monoisotopic (exact) mass is 364 g/mol. The van der Waals surface area contributed by atoms with Crippen LogP contribution in [0.5, 0.6) is 5.75 Å². The molecule has 0 fully saturated rings. The molecule has 3 rings (SSSR count). The number of hydrogen-bond acceptors (Lipinski definition) is 4. The average Bonchev–Trinajstić information content (AvgIpc) is 3.17. The van der Waals surface area contributed by atoms with Crippen LogP contribution in [0.25, 0.3) is 0 Å². The minimum atomic E-state index is -0.132. The Bertz CT molecular complexity index is 892. The van der Waals surface area contributed by atoms with Crippen molar-refractivity contribution in [1.82, 2.24) is 19.9 Å². The first-order chi connectivity index (χ1) is 13.1. The lowest BCUT2D eigenvalue weighted by atomic mass is 10.1. The third-order valence-corrected chi connectivity index (χ3v) is 4.59. The summed E-state index contributed by atoms with van der Waals surface area (Å²) in [6.07, 6.45) is 1.70. The van der Waals surface area contributed by atoms with Crippen LogP contribution in [0.3, 0.4) is 0 Å². The molecule has 0 radical (unpaired) electrons. The van der Waals surface area contributed by atoms with Gasteiger partial charge in [0.15, 0.2) is 5.69 Å².